The van der Waals surface area contributed by atoms with E-state index in [9.17, 15) is 9.59 Å². The Balaban J connectivity index is 1.13. The van der Waals surface area contributed by atoms with Crippen LogP contribution in [0.25, 0.3) is 10.8 Å². The van der Waals surface area contributed by atoms with Crippen molar-refractivity contribution in [2.45, 2.75) is 38.5 Å². The fourth-order valence-corrected chi connectivity index (χ4v) is 5.46. The minimum absolute atomic E-state index is 0.164. The summed E-state index contributed by atoms with van der Waals surface area (Å²) in [4.78, 5) is 30.0. The average Bonchev–Trinajstić information content (AvgIpc) is 2.87. The summed E-state index contributed by atoms with van der Waals surface area (Å²) in [5.74, 6) is 1.24. The molecule has 3 aromatic carbocycles. The van der Waals surface area contributed by atoms with Crippen LogP contribution in [0.4, 0.5) is 0 Å². The van der Waals surface area contributed by atoms with Gasteiger partial charge >= 0.3 is 0 Å². The maximum Gasteiger partial charge on any atom is 0.261 e. The lowest BCUT2D eigenvalue weighted by molar-refractivity contribution is 0.0606. The summed E-state index contributed by atoms with van der Waals surface area (Å²) in [6.45, 7) is 6.34. The van der Waals surface area contributed by atoms with E-state index in [0.29, 0.717) is 30.2 Å². The number of para-hydroxylation sites is 1. The van der Waals surface area contributed by atoms with Crippen molar-refractivity contribution in [2.75, 3.05) is 32.8 Å². The molecule has 0 unspecified atom stereocenters. The van der Waals surface area contributed by atoms with Gasteiger partial charge in [-0.2, -0.15) is 0 Å². The van der Waals surface area contributed by atoms with E-state index in [0.717, 1.165) is 61.8 Å². The van der Waals surface area contributed by atoms with Crippen molar-refractivity contribution in [3.05, 3.63) is 77.4 Å². The molecule has 0 saturated carbocycles. The average molecular weight is 457 g/mol. The number of imide groups is 1. The lowest BCUT2D eigenvalue weighted by Crippen LogP contribution is -2.41. The first-order chi connectivity index (χ1) is 16.7. The third kappa shape index (κ3) is 4.32. The van der Waals surface area contributed by atoms with E-state index in [1.807, 2.05) is 49.4 Å². The van der Waals surface area contributed by atoms with Crippen molar-refractivity contribution >= 4 is 22.6 Å². The van der Waals surface area contributed by atoms with E-state index in [1.54, 1.807) is 0 Å². The van der Waals surface area contributed by atoms with Gasteiger partial charge in [0, 0.05) is 23.1 Å². The van der Waals surface area contributed by atoms with Crippen LogP contribution in [0.5, 0.6) is 5.75 Å². The molecule has 176 valence electrons. The second-order valence-electron chi connectivity index (χ2n) is 9.27. The lowest BCUT2D eigenvalue weighted by Gasteiger charge is -2.33. The molecule has 1 fully saturated rings. The number of nitrogens with zero attached hydrogens (tertiary/aromatic N) is 2. The molecule has 0 spiro atoms. The van der Waals surface area contributed by atoms with Crippen LogP contribution in [0.3, 0.4) is 0 Å². The topological polar surface area (TPSA) is 49.9 Å². The summed E-state index contributed by atoms with van der Waals surface area (Å²) in [7, 11) is 0. The Labute approximate surface area is 201 Å². The van der Waals surface area contributed by atoms with E-state index in [-0.39, 0.29) is 11.8 Å². The van der Waals surface area contributed by atoms with Gasteiger partial charge in [-0.25, -0.2) is 0 Å². The summed E-state index contributed by atoms with van der Waals surface area (Å²) in [5, 5.41) is 1.74. The summed E-state index contributed by atoms with van der Waals surface area (Å²) < 4.78 is 5.84. The number of ether oxygens (including phenoxy) is 1. The Morgan fingerprint density at radius 2 is 1.47 bits per heavy atom. The quantitative estimate of drug-likeness (QED) is 0.332. The first kappa shape index (κ1) is 22.6. The molecule has 5 nitrogen and oxygen atoms in total. The monoisotopic (exact) mass is 456 g/mol. The fraction of sp³-hybridized carbons (Fsp3) is 0.379. The summed E-state index contributed by atoms with van der Waals surface area (Å²) >= 11 is 0. The smallest absolute Gasteiger partial charge is 0.261 e. The van der Waals surface area contributed by atoms with E-state index < -0.39 is 0 Å². The predicted molar refractivity (Wildman–Crippen MR) is 135 cm³/mol. The number of carbonyl (C=O) groups excluding carboxylic acids is 2. The highest BCUT2D eigenvalue weighted by Crippen LogP contribution is 2.34. The summed E-state index contributed by atoms with van der Waals surface area (Å²) in [6.07, 6.45) is 4.06. The highest BCUT2D eigenvalue weighted by Gasteiger charge is 2.32. The molecule has 0 aromatic heterocycles. The SMILES string of the molecule is CCOc1ccccc1C1CCN(CCCCN2C(=O)c3cccc4cccc(c34)C2=O)CC1. The molecule has 2 heterocycles. The third-order valence-corrected chi connectivity index (χ3v) is 7.21. The predicted octanol–water partition coefficient (Wildman–Crippen LogP) is 5.49. The molecule has 2 amide bonds. The Hall–Kier alpha value is -3.18. The van der Waals surface area contributed by atoms with Crippen LogP contribution in [0.2, 0.25) is 0 Å². The second kappa shape index (κ2) is 9.98. The van der Waals surface area contributed by atoms with Crippen molar-refractivity contribution in [1.29, 1.82) is 0 Å². The molecule has 2 aliphatic rings. The molecule has 1 saturated heterocycles. The fourth-order valence-electron chi connectivity index (χ4n) is 5.46. The van der Waals surface area contributed by atoms with Gasteiger partial charge in [0.1, 0.15) is 5.75 Å². The van der Waals surface area contributed by atoms with Crippen molar-refractivity contribution in [1.82, 2.24) is 9.80 Å². The molecule has 0 bridgehead atoms. The standard InChI is InChI=1S/C29H32N2O3/c1-2-34-26-14-4-3-11-23(26)21-15-19-30(20-16-21)17-5-6-18-31-28(32)24-12-7-9-22-10-8-13-25(27(22)24)29(31)33/h3-4,7-14,21H,2,5-6,15-20H2,1H3. The first-order valence-corrected chi connectivity index (χ1v) is 12.5. The maximum atomic E-state index is 13.0. The zero-order valence-corrected chi connectivity index (χ0v) is 19.8. The Bertz CT molecular complexity index is 1150. The summed E-state index contributed by atoms with van der Waals surface area (Å²) in [6, 6.07) is 19.8. The van der Waals surface area contributed by atoms with Crippen LogP contribution >= 0.6 is 0 Å². The van der Waals surface area contributed by atoms with Crippen molar-refractivity contribution in [3.63, 3.8) is 0 Å². The van der Waals surface area contributed by atoms with Gasteiger partial charge in [-0.05, 0) is 87.3 Å². The number of piperidine rings is 1. The third-order valence-electron chi connectivity index (χ3n) is 7.21. The minimum Gasteiger partial charge on any atom is -0.494 e. The van der Waals surface area contributed by atoms with E-state index in [1.165, 1.54) is 10.5 Å². The van der Waals surface area contributed by atoms with Gasteiger partial charge in [0.2, 0.25) is 0 Å². The summed E-state index contributed by atoms with van der Waals surface area (Å²) in [5.41, 5.74) is 2.62. The van der Waals surface area contributed by atoms with Crippen LogP contribution < -0.4 is 4.74 Å². The molecule has 3 aromatic rings. The Morgan fingerprint density at radius 3 is 2.15 bits per heavy atom. The number of rotatable bonds is 8. The van der Waals surface area contributed by atoms with Crippen LogP contribution in [0.15, 0.2) is 60.7 Å². The van der Waals surface area contributed by atoms with Gasteiger partial charge in [0.15, 0.2) is 0 Å². The Kier molecular flexibility index (Phi) is 6.63. The number of unbranched alkanes of at least 4 members (excludes halogenated alkanes) is 1. The second-order valence-corrected chi connectivity index (χ2v) is 9.27. The molecular formula is C29H32N2O3. The molecule has 0 N–H and O–H groups in total. The van der Waals surface area contributed by atoms with Crippen molar-refractivity contribution in [3.8, 4) is 5.75 Å². The lowest BCUT2D eigenvalue weighted by atomic mass is 9.88. The van der Waals surface area contributed by atoms with E-state index in [4.69, 9.17) is 4.74 Å². The van der Waals surface area contributed by atoms with Gasteiger partial charge in [0.05, 0.1) is 6.61 Å². The van der Waals surface area contributed by atoms with E-state index >= 15 is 0 Å². The molecule has 2 aliphatic heterocycles. The normalized spacial score (nSPS) is 16.9. The van der Waals surface area contributed by atoms with Crippen molar-refractivity contribution in [2.24, 2.45) is 0 Å². The van der Waals surface area contributed by atoms with Crippen LogP contribution in [-0.4, -0.2) is 54.4 Å². The number of carbonyl (C=O) groups is 2. The highest BCUT2D eigenvalue weighted by atomic mass is 16.5. The number of benzene rings is 3. The molecule has 5 heteroatoms. The molecular weight excluding hydrogens is 424 g/mol. The molecule has 0 atom stereocenters. The number of hydrogen-bond acceptors (Lipinski definition) is 4. The zero-order valence-electron chi connectivity index (χ0n) is 19.8. The van der Waals surface area contributed by atoms with Gasteiger partial charge in [-0.3, -0.25) is 14.5 Å². The maximum absolute atomic E-state index is 13.0. The van der Waals surface area contributed by atoms with Crippen molar-refractivity contribution < 1.29 is 14.3 Å². The number of likely N-dealkylation sites (tertiary alicyclic amines) is 1. The highest BCUT2D eigenvalue weighted by molar-refractivity contribution is 6.25. The van der Waals surface area contributed by atoms with E-state index in [2.05, 4.69) is 23.1 Å². The van der Waals surface area contributed by atoms with Gasteiger partial charge in [-0.1, -0.05) is 42.5 Å². The molecule has 5 rings (SSSR count). The van der Waals surface area contributed by atoms with Gasteiger partial charge in [0.25, 0.3) is 11.8 Å². The number of hydrogen-bond donors (Lipinski definition) is 0. The van der Waals surface area contributed by atoms with Crippen LogP contribution in [0.1, 0.15) is 64.8 Å². The zero-order chi connectivity index (χ0) is 23.5. The first-order valence-electron chi connectivity index (χ1n) is 12.5. The minimum atomic E-state index is -0.164. The van der Waals surface area contributed by atoms with Gasteiger partial charge in [-0.15, -0.1) is 0 Å². The van der Waals surface area contributed by atoms with Crippen LogP contribution in [-0.2, 0) is 0 Å². The molecule has 0 radical (unpaired) electrons. The molecule has 0 aliphatic carbocycles. The van der Waals surface area contributed by atoms with Crippen LogP contribution in [0, 0.1) is 0 Å². The molecule has 34 heavy (non-hydrogen) atoms. The number of amides is 2. The van der Waals surface area contributed by atoms with Gasteiger partial charge < -0.3 is 9.64 Å². The Morgan fingerprint density at radius 1 is 0.824 bits per heavy atom. The largest absolute Gasteiger partial charge is 0.494 e.